The number of rotatable bonds is 2. The molecular weight excluding hydrogens is 104 g/mol. The molecule has 0 bridgehead atoms. The second kappa shape index (κ2) is 3.36. The highest BCUT2D eigenvalue weighted by atomic mass is 16.3. The molecule has 2 nitrogen and oxygen atoms in total. The van der Waals surface area contributed by atoms with Crippen molar-refractivity contribution in [2.45, 2.75) is 26.7 Å². The van der Waals surface area contributed by atoms with Crippen molar-refractivity contribution in [1.82, 2.24) is 0 Å². The summed E-state index contributed by atoms with van der Waals surface area (Å²) in [5, 5.41) is 17.3. The monoisotopic (exact) mass is 116 g/mol. The molecule has 0 aromatic heterocycles. The van der Waals surface area contributed by atoms with E-state index in [4.69, 9.17) is 10.2 Å². The normalized spacial score (nSPS) is 13.2. The van der Waals surface area contributed by atoms with Crippen molar-refractivity contribution >= 4 is 0 Å². The minimum Gasteiger partial charge on any atom is -0.509 e. The van der Waals surface area contributed by atoms with Gasteiger partial charge in [0.05, 0.1) is 0 Å². The van der Waals surface area contributed by atoms with E-state index in [0.717, 1.165) is 6.42 Å². The predicted octanol–water partition coefficient (Wildman–Crippen LogP) is 2.13. The highest BCUT2D eigenvalue weighted by molar-refractivity contribution is 4.93. The number of allylic oxidation sites excluding steroid dienone is 2. The van der Waals surface area contributed by atoms with Crippen LogP contribution in [0.25, 0.3) is 0 Å². The first-order chi connectivity index (χ1) is 3.68. The van der Waals surface area contributed by atoms with E-state index in [0.29, 0.717) is 6.42 Å². The molecule has 0 rings (SSSR count). The zero-order valence-electron chi connectivity index (χ0n) is 5.31. The Morgan fingerprint density at radius 2 is 1.88 bits per heavy atom. The minimum atomic E-state index is 0.0341. The number of hydrogen-bond acceptors (Lipinski definition) is 2. The van der Waals surface area contributed by atoms with Crippen LogP contribution in [0.5, 0.6) is 0 Å². The van der Waals surface area contributed by atoms with Gasteiger partial charge in [0.25, 0.3) is 0 Å². The van der Waals surface area contributed by atoms with Crippen LogP contribution in [-0.4, -0.2) is 10.2 Å². The molecule has 0 spiro atoms. The fraction of sp³-hybridized carbons (Fsp3) is 0.667. The summed E-state index contributed by atoms with van der Waals surface area (Å²) in [5.41, 5.74) is 0. The lowest BCUT2D eigenvalue weighted by Gasteiger charge is -1.95. The number of aliphatic hydroxyl groups is 2. The van der Waals surface area contributed by atoms with Crippen molar-refractivity contribution in [2.24, 2.45) is 0 Å². The van der Waals surface area contributed by atoms with E-state index in [1.165, 1.54) is 6.92 Å². The molecule has 0 atom stereocenters. The van der Waals surface area contributed by atoms with Gasteiger partial charge in [0.15, 0.2) is 0 Å². The third-order valence-electron chi connectivity index (χ3n) is 0.904. The van der Waals surface area contributed by atoms with E-state index >= 15 is 0 Å². The topological polar surface area (TPSA) is 40.5 Å². The summed E-state index contributed by atoms with van der Waals surface area (Å²) in [7, 11) is 0. The quantitative estimate of drug-likeness (QED) is 0.542. The Morgan fingerprint density at radius 1 is 1.38 bits per heavy atom. The highest BCUT2D eigenvalue weighted by Crippen LogP contribution is 2.03. The molecule has 8 heavy (non-hydrogen) atoms. The molecule has 0 aromatic rings. The number of hydrogen-bond donors (Lipinski definition) is 2. The van der Waals surface area contributed by atoms with Crippen molar-refractivity contribution in [1.29, 1.82) is 0 Å². The van der Waals surface area contributed by atoms with Crippen LogP contribution in [0.15, 0.2) is 11.5 Å². The highest BCUT2D eigenvalue weighted by Gasteiger charge is 1.93. The van der Waals surface area contributed by atoms with Crippen molar-refractivity contribution in [3.63, 3.8) is 0 Å². The largest absolute Gasteiger partial charge is 0.509 e. The van der Waals surface area contributed by atoms with Gasteiger partial charge in [0, 0.05) is 6.42 Å². The van der Waals surface area contributed by atoms with Crippen LogP contribution in [0.3, 0.4) is 0 Å². The molecule has 0 aliphatic carbocycles. The van der Waals surface area contributed by atoms with Crippen LogP contribution in [0, 0.1) is 0 Å². The van der Waals surface area contributed by atoms with Crippen LogP contribution < -0.4 is 0 Å². The Hall–Kier alpha value is -0.660. The zero-order chi connectivity index (χ0) is 6.57. The third-order valence-corrected chi connectivity index (χ3v) is 0.904. The summed E-state index contributed by atoms with van der Waals surface area (Å²) in [6, 6.07) is 0. The van der Waals surface area contributed by atoms with Crippen LogP contribution in [0.1, 0.15) is 26.7 Å². The summed E-state index contributed by atoms with van der Waals surface area (Å²) < 4.78 is 0. The first-order valence-electron chi connectivity index (χ1n) is 2.76. The lowest BCUT2D eigenvalue weighted by Crippen LogP contribution is -1.84. The molecule has 0 aromatic carbocycles. The van der Waals surface area contributed by atoms with Gasteiger partial charge in [-0.15, -0.1) is 0 Å². The molecule has 0 heterocycles. The first kappa shape index (κ1) is 7.34. The van der Waals surface area contributed by atoms with Gasteiger partial charge in [0.2, 0.25) is 0 Å². The fourth-order valence-electron chi connectivity index (χ4n) is 0.418. The Balaban J connectivity index is 3.62. The van der Waals surface area contributed by atoms with E-state index in [1.807, 2.05) is 6.92 Å². The summed E-state index contributed by atoms with van der Waals surface area (Å²) in [5.74, 6) is 0.138. The molecule has 2 N–H and O–H groups in total. The molecule has 0 aliphatic heterocycles. The molecule has 0 aliphatic rings. The second-order valence-electron chi connectivity index (χ2n) is 1.78. The smallest absolute Gasteiger partial charge is 0.129 e. The summed E-state index contributed by atoms with van der Waals surface area (Å²) in [6.45, 7) is 3.42. The Bertz CT molecular complexity index is 90.7. The zero-order valence-corrected chi connectivity index (χ0v) is 5.31. The van der Waals surface area contributed by atoms with Crippen molar-refractivity contribution in [2.75, 3.05) is 0 Å². The molecule has 0 saturated heterocycles. The van der Waals surface area contributed by atoms with Crippen LogP contribution in [0.4, 0.5) is 0 Å². The van der Waals surface area contributed by atoms with Gasteiger partial charge >= 0.3 is 0 Å². The second-order valence-corrected chi connectivity index (χ2v) is 1.78. The summed E-state index contributed by atoms with van der Waals surface area (Å²) in [4.78, 5) is 0. The molecular formula is C6H12O2. The van der Waals surface area contributed by atoms with E-state index in [1.54, 1.807) is 0 Å². The summed E-state index contributed by atoms with van der Waals surface area (Å²) >= 11 is 0. The Labute approximate surface area is 49.5 Å². The Kier molecular flexibility index (Phi) is 3.08. The van der Waals surface area contributed by atoms with Crippen LogP contribution in [-0.2, 0) is 0 Å². The lowest BCUT2D eigenvalue weighted by molar-refractivity contribution is 0.312. The SMILES string of the molecule is CCC/C(O)=C(/C)O. The molecule has 0 radical (unpaired) electrons. The maximum absolute atomic E-state index is 8.76. The van der Waals surface area contributed by atoms with Crippen molar-refractivity contribution in [3.8, 4) is 0 Å². The van der Waals surface area contributed by atoms with E-state index < -0.39 is 0 Å². The van der Waals surface area contributed by atoms with Crippen LogP contribution in [0.2, 0.25) is 0 Å². The average molecular weight is 116 g/mol. The molecule has 0 fully saturated rings. The standard InChI is InChI=1S/C6H12O2/c1-3-4-6(8)5(2)7/h7-8H,3-4H2,1-2H3/b6-5+. The van der Waals surface area contributed by atoms with E-state index in [-0.39, 0.29) is 11.5 Å². The average Bonchev–Trinajstić information content (AvgIpc) is 1.67. The third kappa shape index (κ3) is 2.50. The number of aliphatic hydroxyl groups excluding tert-OH is 2. The van der Waals surface area contributed by atoms with E-state index in [9.17, 15) is 0 Å². The van der Waals surface area contributed by atoms with Crippen LogP contribution >= 0.6 is 0 Å². The predicted molar refractivity (Wildman–Crippen MR) is 32.9 cm³/mol. The van der Waals surface area contributed by atoms with Gasteiger partial charge in [-0.3, -0.25) is 0 Å². The molecule has 0 unspecified atom stereocenters. The molecule has 2 heteroatoms. The first-order valence-corrected chi connectivity index (χ1v) is 2.76. The van der Waals surface area contributed by atoms with Crippen molar-refractivity contribution < 1.29 is 10.2 Å². The molecule has 0 amide bonds. The van der Waals surface area contributed by atoms with Gasteiger partial charge in [0.1, 0.15) is 11.5 Å². The maximum Gasteiger partial charge on any atom is 0.129 e. The summed E-state index contributed by atoms with van der Waals surface area (Å²) in [6.07, 6.45) is 1.44. The van der Waals surface area contributed by atoms with Crippen molar-refractivity contribution in [3.05, 3.63) is 11.5 Å². The lowest BCUT2D eigenvalue weighted by atomic mass is 10.3. The Morgan fingerprint density at radius 3 is 2.00 bits per heavy atom. The maximum atomic E-state index is 8.76. The fourth-order valence-corrected chi connectivity index (χ4v) is 0.418. The van der Waals surface area contributed by atoms with Gasteiger partial charge in [-0.05, 0) is 13.3 Å². The van der Waals surface area contributed by atoms with Gasteiger partial charge in [-0.1, -0.05) is 6.92 Å². The molecule has 0 saturated carbocycles. The van der Waals surface area contributed by atoms with Gasteiger partial charge < -0.3 is 10.2 Å². The van der Waals surface area contributed by atoms with E-state index in [2.05, 4.69) is 0 Å². The van der Waals surface area contributed by atoms with Gasteiger partial charge in [-0.2, -0.15) is 0 Å². The molecule has 48 valence electrons. The van der Waals surface area contributed by atoms with Gasteiger partial charge in [-0.25, -0.2) is 0 Å². The minimum absolute atomic E-state index is 0.0341.